The average Bonchev–Trinajstić information content (AvgIpc) is 3.04. The third-order valence-corrected chi connectivity index (χ3v) is 3.78. The highest BCUT2D eigenvalue weighted by Crippen LogP contribution is 2.24. The summed E-state index contributed by atoms with van der Waals surface area (Å²) in [6.45, 7) is 7.36. The molecule has 128 valence electrons. The Labute approximate surface area is 142 Å². The molecule has 0 spiro atoms. The summed E-state index contributed by atoms with van der Waals surface area (Å²) >= 11 is 0. The van der Waals surface area contributed by atoms with Gasteiger partial charge in [0.25, 0.3) is 0 Å². The van der Waals surface area contributed by atoms with E-state index in [0.717, 1.165) is 22.6 Å². The van der Waals surface area contributed by atoms with Crippen molar-refractivity contribution >= 4 is 6.09 Å². The smallest absolute Gasteiger partial charge is 0.410 e. The molecular formula is C18H23N3O3. The fourth-order valence-electron chi connectivity index (χ4n) is 2.66. The van der Waals surface area contributed by atoms with Crippen LogP contribution in [0.1, 0.15) is 37.6 Å². The molecule has 24 heavy (non-hydrogen) atoms. The number of aromatic nitrogens is 2. The minimum Gasteiger partial charge on any atom is -0.497 e. The molecule has 1 aromatic heterocycles. The second kappa shape index (κ2) is 6.19. The molecule has 1 aliphatic heterocycles. The normalized spacial score (nSPS) is 13.8. The van der Waals surface area contributed by atoms with Crippen molar-refractivity contribution < 1.29 is 14.3 Å². The molecule has 1 aliphatic rings. The molecule has 2 heterocycles. The van der Waals surface area contributed by atoms with Gasteiger partial charge in [-0.1, -0.05) is 12.1 Å². The quantitative estimate of drug-likeness (QED) is 0.868. The number of amides is 1. The Bertz CT molecular complexity index is 705. The van der Waals surface area contributed by atoms with Gasteiger partial charge >= 0.3 is 6.09 Å². The Morgan fingerprint density at radius 3 is 2.50 bits per heavy atom. The minimum absolute atomic E-state index is 0.290. The van der Waals surface area contributed by atoms with E-state index in [-0.39, 0.29) is 6.09 Å². The highest BCUT2D eigenvalue weighted by atomic mass is 16.6. The van der Waals surface area contributed by atoms with Crippen LogP contribution in [0.15, 0.2) is 30.5 Å². The fourth-order valence-corrected chi connectivity index (χ4v) is 2.66. The second-order valence-corrected chi connectivity index (χ2v) is 6.98. The topological polar surface area (TPSA) is 56.6 Å². The van der Waals surface area contributed by atoms with Gasteiger partial charge in [0.05, 0.1) is 32.4 Å². The van der Waals surface area contributed by atoms with Crippen LogP contribution < -0.4 is 4.74 Å². The SMILES string of the molecule is COc1ccc(Cn2cc3c(n2)CN(C(=O)OC(C)(C)C)C3)cc1. The molecule has 0 saturated carbocycles. The number of nitrogens with zero attached hydrogens (tertiary/aromatic N) is 3. The number of carbonyl (C=O) groups is 1. The van der Waals surface area contributed by atoms with Gasteiger partial charge in [0, 0.05) is 11.8 Å². The van der Waals surface area contributed by atoms with E-state index in [1.165, 1.54) is 0 Å². The van der Waals surface area contributed by atoms with Gasteiger partial charge in [-0.25, -0.2) is 4.79 Å². The van der Waals surface area contributed by atoms with Crippen LogP contribution in [0.5, 0.6) is 5.75 Å². The van der Waals surface area contributed by atoms with E-state index < -0.39 is 5.60 Å². The van der Waals surface area contributed by atoms with Gasteiger partial charge in [-0.2, -0.15) is 5.10 Å². The maximum Gasteiger partial charge on any atom is 0.410 e. The zero-order valence-electron chi connectivity index (χ0n) is 14.6. The summed E-state index contributed by atoms with van der Waals surface area (Å²) in [7, 11) is 1.66. The van der Waals surface area contributed by atoms with Crippen molar-refractivity contribution in [3.63, 3.8) is 0 Å². The number of carbonyl (C=O) groups excluding carboxylic acids is 1. The maximum atomic E-state index is 12.1. The summed E-state index contributed by atoms with van der Waals surface area (Å²) in [4.78, 5) is 13.8. The maximum absolute atomic E-state index is 12.1. The van der Waals surface area contributed by atoms with Crippen LogP contribution in [-0.2, 0) is 24.4 Å². The molecule has 0 radical (unpaired) electrons. The Balaban J connectivity index is 1.62. The molecule has 0 unspecified atom stereocenters. The second-order valence-electron chi connectivity index (χ2n) is 6.98. The highest BCUT2D eigenvalue weighted by Gasteiger charge is 2.29. The molecule has 0 saturated heterocycles. The van der Waals surface area contributed by atoms with Crippen molar-refractivity contribution in [3.8, 4) is 5.75 Å². The van der Waals surface area contributed by atoms with Crippen LogP contribution >= 0.6 is 0 Å². The highest BCUT2D eigenvalue weighted by molar-refractivity contribution is 5.69. The largest absolute Gasteiger partial charge is 0.497 e. The standard InChI is InChI=1S/C18H23N3O3/c1-18(2,3)24-17(22)20-10-14-11-21(19-16(14)12-20)9-13-5-7-15(23-4)8-6-13/h5-8,11H,9-10,12H2,1-4H3. The van der Waals surface area contributed by atoms with Crippen LogP contribution in [0.25, 0.3) is 0 Å². The van der Waals surface area contributed by atoms with Gasteiger partial charge in [0.1, 0.15) is 11.4 Å². The lowest BCUT2D eigenvalue weighted by Gasteiger charge is -2.24. The van der Waals surface area contributed by atoms with E-state index in [9.17, 15) is 4.79 Å². The number of hydrogen-bond acceptors (Lipinski definition) is 4. The Morgan fingerprint density at radius 1 is 1.21 bits per heavy atom. The first-order chi connectivity index (χ1) is 11.3. The lowest BCUT2D eigenvalue weighted by molar-refractivity contribution is 0.0239. The zero-order valence-corrected chi connectivity index (χ0v) is 14.6. The molecule has 3 rings (SSSR count). The van der Waals surface area contributed by atoms with E-state index in [1.807, 2.05) is 55.9 Å². The lowest BCUT2D eigenvalue weighted by atomic mass is 10.2. The first-order valence-corrected chi connectivity index (χ1v) is 8.00. The monoisotopic (exact) mass is 329 g/mol. The number of ether oxygens (including phenoxy) is 2. The fraction of sp³-hybridized carbons (Fsp3) is 0.444. The number of benzene rings is 1. The summed E-state index contributed by atoms with van der Waals surface area (Å²) < 4.78 is 12.5. The van der Waals surface area contributed by atoms with Crippen LogP contribution in [-0.4, -0.2) is 33.5 Å². The molecule has 0 bridgehead atoms. The molecule has 6 nitrogen and oxygen atoms in total. The first-order valence-electron chi connectivity index (χ1n) is 8.00. The Kier molecular flexibility index (Phi) is 4.22. The minimum atomic E-state index is -0.481. The van der Waals surface area contributed by atoms with Crippen molar-refractivity contribution in [2.75, 3.05) is 7.11 Å². The van der Waals surface area contributed by atoms with Crippen molar-refractivity contribution in [1.29, 1.82) is 0 Å². The Morgan fingerprint density at radius 2 is 1.92 bits per heavy atom. The number of fused-ring (bicyclic) bond motifs is 1. The van der Waals surface area contributed by atoms with Crippen molar-refractivity contribution in [3.05, 3.63) is 47.3 Å². The molecule has 0 atom stereocenters. The van der Waals surface area contributed by atoms with Crippen LogP contribution in [0.2, 0.25) is 0 Å². The summed E-state index contributed by atoms with van der Waals surface area (Å²) in [6.07, 6.45) is 1.71. The van der Waals surface area contributed by atoms with Crippen molar-refractivity contribution in [2.24, 2.45) is 0 Å². The van der Waals surface area contributed by atoms with E-state index in [2.05, 4.69) is 5.10 Å². The molecular weight excluding hydrogens is 306 g/mol. The molecule has 6 heteroatoms. The predicted molar refractivity (Wildman–Crippen MR) is 89.8 cm³/mol. The van der Waals surface area contributed by atoms with Gasteiger partial charge < -0.3 is 9.47 Å². The van der Waals surface area contributed by atoms with E-state index in [1.54, 1.807) is 12.0 Å². The predicted octanol–water partition coefficient (Wildman–Crippen LogP) is 3.19. The third kappa shape index (κ3) is 3.69. The average molecular weight is 329 g/mol. The van der Waals surface area contributed by atoms with Crippen LogP contribution in [0.3, 0.4) is 0 Å². The van der Waals surface area contributed by atoms with Gasteiger partial charge in [0.15, 0.2) is 0 Å². The van der Waals surface area contributed by atoms with Crippen LogP contribution in [0.4, 0.5) is 4.79 Å². The molecule has 2 aromatic rings. The van der Waals surface area contributed by atoms with Crippen LogP contribution in [0, 0.1) is 0 Å². The molecule has 1 aromatic carbocycles. The third-order valence-electron chi connectivity index (χ3n) is 3.78. The van der Waals surface area contributed by atoms with Crippen molar-refractivity contribution in [2.45, 2.75) is 46.0 Å². The zero-order chi connectivity index (χ0) is 17.3. The molecule has 0 N–H and O–H groups in total. The van der Waals surface area contributed by atoms with Gasteiger partial charge in [-0.05, 0) is 38.5 Å². The summed E-state index contributed by atoms with van der Waals surface area (Å²) in [5, 5.41) is 4.59. The van der Waals surface area contributed by atoms with E-state index in [4.69, 9.17) is 9.47 Å². The van der Waals surface area contributed by atoms with Gasteiger partial charge in [0.2, 0.25) is 0 Å². The summed E-state index contributed by atoms with van der Waals surface area (Å²) in [6, 6.07) is 7.94. The first kappa shape index (κ1) is 16.4. The number of methoxy groups -OCH3 is 1. The summed E-state index contributed by atoms with van der Waals surface area (Å²) in [5.41, 5.74) is 2.69. The number of rotatable bonds is 3. The Hall–Kier alpha value is -2.50. The van der Waals surface area contributed by atoms with Gasteiger partial charge in [-0.15, -0.1) is 0 Å². The summed E-state index contributed by atoms with van der Waals surface area (Å²) in [5.74, 6) is 0.842. The van der Waals surface area contributed by atoms with E-state index >= 15 is 0 Å². The molecule has 0 aliphatic carbocycles. The van der Waals surface area contributed by atoms with Crippen molar-refractivity contribution in [1.82, 2.24) is 14.7 Å². The lowest BCUT2D eigenvalue weighted by Crippen LogP contribution is -2.33. The number of hydrogen-bond donors (Lipinski definition) is 0. The molecule has 1 amide bonds. The van der Waals surface area contributed by atoms with E-state index in [0.29, 0.717) is 19.6 Å². The van der Waals surface area contributed by atoms with Gasteiger partial charge in [-0.3, -0.25) is 9.58 Å². The molecule has 0 fully saturated rings.